The first kappa shape index (κ1) is 16.0. The summed E-state index contributed by atoms with van der Waals surface area (Å²) < 4.78 is 0. The third-order valence-corrected chi connectivity index (χ3v) is 3.90. The largest absolute Gasteiger partial charge is 0.351 e. The lowest BCUT2D eigenvalue weighted by Crippen LogP contribution is -2.50. The number of nitrogens with one attached hydrogen (secondary N) is 2. The molecule has 116 valence electrons. The molecule has 1 aromatic rings. The average molecular weight is 289 g/mol. The van der Waals surface area contributed by atoms with E-state index < -0.39 is 0 Å². The highest BCUT2D eigenvalue weighted by Gasteiger charge is 2.21. The Kier molecular flexibility index (Phi) is 6.21. The van der Waals surface area contributed by atoms with Gasteiger partial charge in [-0.15, -0.1) is 0 Å². The molecule has 1 aliphatic heterocycles. The molecule has 0 radical (unpaired) electrons. The molecular weight excluding hydrogens is 262 g/mol. The highest BCUT2D eigenvalue weighted by molar-refractivity contribution is 5.82. The quantitative estimate of drug-likeness (QED) is 0.839. The molecule has 2 atom stereocenters. The van der Waals surface area contributed by atoms with E-state index in [0.717, 1.165) is 32.5 Å². The summed E-state index contributed by atoms with van der Waals surface area (Å²) in [6, 6.07) is 10.6. The van der Waals surface area contributed by atoms with Crippen molar-refractivity contribution in [1.29, 1.82) is 0 Å². The van der Waals surface area contributed by atoms with Crippen molar-refractivity contribution in [1.82, 2.24) is 15.5 Å². The van der Waals surface area contributed by atoms with E-state index in [2.05, 4.69) is 53.8 Å². The lowest BCUT2D eigenvalue weighted by molar-refractivity contribution is -0.124. The molecule has 1 heterocycles. The summed E-state index contributed by atoms with van der Waals surface area (Å²) in [7, 11) is 2.09. The fraction of sp³-hybridized carbons (Fsp3) is 0.588. The Labute approximate surface area is 127 Å². The van der Waals surface area contributed by atoms with Gasteiger partial charge in [-0.2, -0.15) is 0 Å². The molecule has 1 unspecified atom stereocenters. The van der Waals surface area contributed by atoms with Crippen LogP contribution in [0.15, 0.2) is 30.3 Å². The van der Waals surface area contributed by atoms with Gasteiger partial charge < -0.3 is 15.5 Å². The predicted octanol–water partition coefficient (Wildman–Crippen LogP) is 1.77. The van der Waals surface area contributed by atoms with Crippen LogP contribution in [0.2, 0.25) is 0 Å². The van der Waals surface area contributed by atoms with Gasteiger partial charge in [0.15, 0.2) is 0 Å². The van der Waals surface area contributed by atoms with E-state index in [1.165, 1.54) is 12.0 Å². The number of benzene rings is 1. The molecule has 2 N–H and O–H groups in total. The van der Waals surface area contributed by atoms with E-state index >= 15 is 0 Å². The molecule has 1 aromatic carbocycles. The number of carbonyl (C=O) groups is 1. The molecule has 2 rings (SSSR count). The standard InChI is InChI=1S/C17H27N3O/c1-14(19-17(21)16-10-6-7-11-18-16)12-20(2)13-15-8-4-3-5-9-15/h3-5,8-9,14,16,18H,6-7,10-13H2,1-2H3,(H,19,21)/t14?,16-/m0/s1. The Balaban J connectivity index is 1.73. The van der Waals surface area contributed by atoms with Crippen molar-refractivity contribution in [2.45, 2.75) is 44.8 Å². The van der Waals surface area contributed by atoms with Crippen LogP contribution < -0.4 is 10.6 Å². The van der Waals surface area contributed by atoms with Gasteiger partial charge in [0.2, 0.25) is 5.91 Å². The minimum Gasteiger partial charge on any atom is -0.351 e. The summed E-state index contributed by atoms with van der Waals surface area (Å²) in [5.74, 6) is 0.148. The molecule has 4 nitrogen and oxygen atoms in total. The summed E-state index contributed by atoms with van der Waals surface area (Å²) in [5, 5.41) is 6.41. The molecule has 21 heavy (non-hydrogen) atoms. The zero-order valence-electron chi connectivity index (χ0n) is 13.1. The van der Waals surface area contributed by atoms with Crippen LogP contribution >= 0.6 is 0 Å². The number of hydrogen-bond donors (Lipinski definition) is 2. The van der Waals surface area contributed by atoms with Crippen LogP contribution in [0.1, 0.15) is 31.7 Å². The van der Waals surface area contributed by atoms with Gasteiger partial charge in [-0.3, -0.25) is 4.79 Å². The summed E-state index contributed by atoms with van der Waals surface area (Å²) in [6.07, 6.45) is 3.28. The lowest BCUT2D eigenvalue weighted by Gasteiger charge is -2.26. The van der Waals surface area contributed by atoms with Gasteiger partial charge in [0.25, 0.3) is 0 Å². The Morgan fingerprint density at radius 1 is 1.38 bits per heavy atom. The van der Waals surface area contributed by atoms with Gasteiger partial charge in [0.05, 0.1) is 6.04 Å². The zero-order valence-corrected chi connectivity index (χ0v) is 13.1. The maximum absolute atomic E-state index is 12.2. The molecule has 1 amide bonds. The van der Waals surface area contributed by atoms with Crippen molar-refractivity contribution < 1.29 is 4.79 Å². The number of rotatable bonds is 6. The normalized spacial score (nSPS) is 20.2. The Morgan fingerprint density at radius 3 is 2.81 bits per heavy atom. The van der Waals surface area contributed by atoms with Gasteiger partial charge in [-0.1, -0.05) is 36.8 Å². The highest BCUT2D eigenvalue weighted by Crippen LogP contribution is 2.07. The third-order valence-electron chi connectivity index (χ3n) is 3.90. The maximum atomic E-state index is 12.2. The number of likely N-dealkylation sites (N-methyl/N-ethyl adjacent to an activating group) is 1. The van der Waals surface area contributed by atoms with Gasteiger partial charge in [-0.05, 0) is 38.9 Å². The molecule has 1 saturated heterocycles. The molecular formula is C17H27N3O. The topological polar surface area (TPSA) is 44.4 Å². The van der Waals surface area contributed by atoms with Crippen molar-refractivity contribution in [3.05, 3.63) is 35.9 Å². The van der Waals surface area contributed by atoms with Crippen molar-refractivity contribution in [3.8, 4) is 0 Å². The SMILES string of the molecule is CC(CN(C)Cc1ccccc1)NC(=O)[C@@H]1CCCCN1. The van der Waals surface area contributed by atoms with Crippen LogP contribution in [0.3, 0.4) is 0 Å². The summed E-state index contributed by atoms with van der Waals surface area (Å²) in [6.45, 7) is 4.79. The summed E-state index contributed by atoms with van der Waals surface area (Å²) >= 11 is 0. The van der Waals surface area contributed by atoms with Crippen LogP contribution in [0.5, 0.6) is 0 Å². The van der Waals surface area contributed by atoms with Gasteiger partial charge in [0.1, 0.15) is 0 Å². The van der Waals surface area contributed by atoms with Crippen molar-refractivity contribution in [2.75, 3.05) is 20.1 Å². The molecule has 1 aliphatic rings. The van der Waals surface area contributed by atoms with Crippen LogP contribution in [-0.2, 0) is 11.3 Å². The van der Waals surface area contributed by atoms with E-state index in [1.807, 2.05) is 6.07 Å². The van der Waals surface area contributed by atoms with Crippen molar-refractivity contribution in [2.24, 2.45) is 0 Å². The number of hydrogen-bond acceptors (Lipinski definition) is 3. The first-order valence-corrected chi connectivity index (χ1v) is 7.91. The van der Waals surface area contributed by atoms with E-state index in [1.54, 1.807) is 0 Å². The third kappa shape index (κ3) is 5.48. The van der Waals surface area contributed by atoms with E-state index in [9.17, 15) is 4.79 Å². The second-order valence-electron chi connectivity index (χ2n) is 6.09. The van der Waals surface area contributed by atoms with Crippen LogP contribution in [-0.4, -0.2) is 43.0 Å². The molecule has 0 bridgehead atoms. The van der Waals surface area contributed by atoms with Crippen molar-refractivity contribution >= 4 is 5.91 Å². The van der Waals surface area contributed by atoms with Gasteiger partial charge in [0, 0.05) is 19.1 Å². The fourth-order valence-electron chi connectivity index (χ4n) is 2.89. The fourth-order valence-corrected chi connectivity index (χ4v) is 2.89. The minimum atomic E-state index is 0.000583. The Hall–Kier alpha value is -1.39. The molecule has 0 aromatic heterocycles. The number of piperidine rings is 1. The first-order valence-electron chi connectivity index (χ1n) is 7.91. The number of amides is 1. The molecule has 0 aliphatic carbocycles. The smallest absolute Gasteiger partial charge is 0.237 e. The molecule has 0 saturated carbocycles. The van der Waals surface area contributed by atoms with E-state index in [-0.39, 0.29) is 18.0 Å². The van der Waals surface area contributed by atoms with E-state index in [0.29, 0.717) is 0 Å². The summed E-state index contributed by atoms with van der Waals surface area (Å²) in [5.41, 5.74) is 1.30. The highest BCUT2D eigenvalue weighted by atomic mass is 16.2. The van der Waals surface area contributed by atoms with Gasteiger partial charge >= 0.3 is 0 Å². The molecule has 1 fully saturated rings. The Bertz CT molecular complexity index is 429. The van der Waals surface area contributed by atoms with Crippen LogP contribution in [0, 0.1) is 0 Å². The first-order chi connectivity index (χ1) is 10.1. The second-order valence-corrected chi connectivity index (χ2v) is 6.09. The lowest BCUT2D eigenvalue weighted by atomic mass is 10.0. The number of carbonyl (C=O) groups excluding carboxylic acids is 1. The molecule has 4 heteroatoms. The average Bonchev–Trinajstić information content (AvgIpc) is 2.48. The van der Waals surface area contributed by atoms with E-state index in [4.69, 9.17) is 0 Å². The van der Waals surface area contributed by atoms with Crippen LogP contribution in [0.25, 0.3) is 0 Å². The van der Waals surface area contributed by atoms with Crippen molar-refractivity contribution in [3.63, 3.8) is 0 Å². The Morgan fingerprint density at radius 2 is 2.14 bits per heavy atom. The second kappa shape index (κ2) is 8.15. The monoisotopic (exact) mass is 289 g/mol. The minimum absolute atomic E-state index is 0.000583. The number of nitrogens with zero attached hydrogens (tertiary/aromatic N) is 1. The molecule has 0 spiro atoms. The van der Waals surface area contributed by atoms with Crippen LogP contribution in [0.4, 0.5) is 0 Å². The van der Waals surface area contributed by atoms with Gasteiger partial charge in [-0.25, -0.2) is 0 Å². The summed E-state index contributed by atoms with van der Waals surface area (Å²) in [4.78, 5) is 14.4. The maximum Gasteiger partial charge on any atom is 0.237 e. The zero-order chi connectivity index (χ0) is 15.1. The predicted molar refractivity (Wildman–Crippen MR) is 86.0 cm³/mol.